The smallest absolute Gasteiger partial charge is 0.310 e. The number of ether oxygens (including phenoxy) is 1. The third kappa shape index (κ3) is 3.10. The number of rotatable bonds is 3. The molecule has 0 N–H and O–H groups in total. The van der Waals surface area contributed by atoms with Gasteiger partial charge >= 0.3 is 5.97 Å². The summed E-state index contributed by atoms with van der Waals surface area (Å²) in [6.07, 6.45) is 0.269. The first-order chi connectivity index (χ1) is 7.17. The molecule has 0 bridgehead atoms. The highest BCUT2D eigenvalue weighted by Gasteiger charge is 2.06. The van der Waals surface area contributed by atoms with Gasteiger partial charge in [-0.25, -0.2) is 0 Å². The molecule has 0 spiro atoms. The Morgan fingerprint density at radius 2 is 2.27 bits per heavy atom. The first kappa shape index (κ1) is 11.3. The summed E-state index contributed by atoms with van der Waals surface area (Å²) >= 11 is 0. The third-order valence-electron chi connectivity index (χ3n) is 2.11. The van der Waals surface area contributed by atoms with Crippen molar-refractivity contribution in [3.05, 3.63) is 34.9 Å². The van der Waals surface area contributed by atoms with Crippen LogP contribution in [0.4, 0.5) is 0 Å². The number of hydrogen-bond acceptors (Lipinski definition) is 3. The van der Waals surface area contributed by atoms with Gasteiger partial charge in [0, 0.05) is 0 Å². The quantitative estimate of drug-likeness (QED) is 0.706. The lowest BCUT2D eigenvalue weighted by molar-refractivity contribution is -0.142. The molecule has 0 unspecified atom stereocenters. The average molecular weight is 203 g/mol. The summed E-state index contributed by atoms with van der Waals surface area (Å²) in [5.41, 5.74) is 2.47. The Morgan fingerprint density at radius 3 is 2.80 bits per heavy atom. The number of hydrogen-bond donors (Lipinski definition) is 0. The highest BCUT2D eigenvalue weighted by atomic mass is 16.5. The van der Waals surface area contributed by atoms with Gasteiger partial charge in [0.05, 0.1) is 24.7 Å². The van der Waals surface area contributed by atoms with E-state index in [4.69, 9.17) is 10.00 Å². The molecule has 0 amide bonds. The van der Waals surface area contributed by atoms with Crippen molar-refractivity contribution in [2.75, 3.05) is 6.61 Å². The first-order valence-electron chi connectivity index (χ1n) is 4.82. The molecule has 3 nitrogen and oxygen atoms in total. The Hall–Kier alpha value is -1.82. The van der Waals surface area contributed by atoms with Crippen LogP contribution in [0.3, 0.4) is 0 Å². The number of aryl methyl sites for hydroxylation is 1. The van der Waals surface area contributed by atoms with Crippen LogP contribution in [0.15, 0.2) is 18.2 Å². The molecule has 0 atom stereocenters. The van der Waals surface area contributed by atoms with E-state index in [0.717, 1.165) is 11.1 Å². The molecule has 1 aromatic carbocycles. The van der Waals surface area contributed by atoms with Crippen LogP contribution in [-0.4, -0.2) is 12.6 Å². The summed E-state index contributed by atoms with van der Waals surface area (Å²) in [6, 6.07) is 7.34. The van der Waals surface area contributed by atoms with Gasteiger partial charge in [0.15, 0.2) is 0 Å². The minimum Gasteiger partial charge on any atom is -0.466 e. The van der Waals surface area contributed by atoms with Crippen LogP contribution in [0.1, 0.15) is 23.6 Å². The number of esters is 1. The number of carbonyl (C=O) groups is 1. The van der Waals surface area contributed by atoms with Crippen LogP contribution in [0.2, 0.25) is 0 Å². The zero-order valence-corrected chi connectivity index (χ0v) is 8.91. The Bertz CT molecular complexity index is 405. The molecule has 1 aromatic rings. The predicted octanol–water partition coefficient (Wildman–Crippen LogP) is 1.97. The van der Waals surface area contributed by atoms with Gasteiger partial charge < -0.3 is 4.74 Å². The lowest BCUT2D eigenvalue weighted by Gasteiger charge is -2.05. The Morgan fingerprint density at radius 1 is 1.53 bits per heavy atom. The molecular weight excluding hydrogens is 190 g/mol. The van der Waals surface area contributed by atoms with Gasteiger partial charge in [-0.15, -0.1) is 0 Å². The second kappa shape index (κ2) is 5.16. The summed E-state index contributed by atoms with van der Waals surface area (Å²) < 4.78 is 4.85. The fourth-order valence-electron chi connectivity index (χ4n) is 1.33. The first-order valence-corrected chi connectivity index (χ1v) is 4.82. The highest BCUT2D eigenvalue weighted by molar-refractivity contribution is 5.73. The molecule has 78 valence electrons. The topological polar surface area (TPSA) is 50.1 Å². The van der Waals surface area contributed by atoms with Crippen molar-refractivity contribution in [2.24, 2.45) is 0 Å². The Labute approximate surface area is 89.3 Å². The van der Waals surface area contributed by atoms with Crippen LogP contribution in [0, 0.1) is 18.3 Å². The van der Waals surface area contributed by atoms with Crippen molar-refractivity contribution in [3.8, 4) is 6.07 Å². The second-order valence-corrected chi connectivity index (χ2v) is 3.23. The Kier molecular flexibility index (Phi) is 3.87. The molecule has 0 fully saturated rings. The van der Waals surface area contributed by atoms with E-state index >= 15 is 0 Å². The van der Waals surface area contributed by atoms with E-state index in [2.05, 4.69) is 6.07 Å². The largest absolute Gasteiger partial charge is 0.466 e. The van der Waals surface area contributed by atoms with Gasteiger partial charge in [-0.1, -0.05) is 6.07 Å². The van der Waals surface area contributed by atoms with Crippen molar-refractivity contribution in [2.45, 2.75) is 20.3 Å². The predicted molar refractivity (Wildman–Crippen MR) is 56.2 cm³/mol. The summed E-state index contributed by atoms with van der Waals surface area (Å²) in [5, 5.41) is 8.68. The molecule has 0 saturated heterocycles. The maximum Gasteiger partial charge on any atom is 0.310 e. The number of benzene rings is 1. The van der Waals surface area contributed by atoms with Crippen LogP contribution in [-0.2, 0) is 16.0 Å². The minimum absolute atomic E-state index is 0.231. The van der Waals surface area contributed by atoms with E-state index in [-0.39, 0.29) is 12.4 Å². The molecule has 1 rings (SSSR count). The molecule has 3 heteroatoms. The van der Waals surface area contributed by atoms with Crippen LogP contribution in [0.25, 0.3) is 0 Å². The van der Waals surface area contributed by atoms with Gasteiger partial charge in [0.25, 0.3) is 0 Å². The van der Waals surface area contributed by atoms with Crippen LogP contribution < -0.4 is 0 Å². The van der Waals surface area contributed by atoms with Crippen molar-refractivity contribution >= 4 is 5.97 Å². The molecule has 0 heterocycles. The van der Waals surface area contributed by atoms with E-state index in [0.29, 0.717) is 12.2 Å². The van der Waals surface area contributed by atoms with E-state index in [1.807, 2.05) is 6.92 Å². The van der Waals surface area contributed by atoms with Crippen LogP contribution >= 0.6 is 0 Å². The van der Waals surface area contributed by atoms with E-state index < -0.39 is 0 Å². The fraction of sp³-hybridized carbons (Fsp3) is 0.333. The molecule has 15 heavy (non-hydrogen) atoms. The van der Waals surface area contributed by atoms with E-state index in [9.17, 15) is 4.79 Å². The molecule has 0 aliphatic rings. The maximum atomic E-state index is 11.2. The van der Waals surface area contributed by atoms with Crippen molar-refractivity contribution in [1.29, 1.82) is 5.26 Å². The van der Waals surface area contributed by atoms with Crippen molar-refractivity contribution in [3.63, 3.8) is 0 Å². The molecular formula is C12H13NO2. The van der Waals surface area contributed by atoms with Gasteiger partial charge in [0.1, 0.15) is 0 Å². The van der Waals surface area contributed by atoms with Gasteiger partial charge in [-0.2, -0.15) is 5.26 Å². The average Bonchev–Trinajstić information content (AvgIpc) is 2.21. The zero-order valence-electron chi connectivity index (χ0n) is 8.91. The second-order valence-electron chi connectivity index (χ2n) is 3.23. The summed E-state index contributed by atoms with van der Waals surface area (Å²) in [7, 11) is 0. The molecule has 0 saturated carbocycles. The Balaban J connectivity index is 2.79. The number of nitriles is 1. The number of carbonyl (C=O) groups excluding carboxylic acids is 1. The monoisotopic (exact) mass is 203 g/mol. The van der Waals surface area contributed by atoms with Gasteiger partial charge in [0.2, 0.25) is 0 Å². The van der Waals surface area contributed by atoms with Crippen molar-refractivity contribution in [1.82, 2.24) is 0 Å². The maximum absolute atomic E-state index is 11.2. The molecule has 0 aliphatic heterocycles. The SMILES string of the molecule is CCOC(=O)Cc1ccc(C#N)cc1C. The third-order valence-corrected chi connectivity index (χ3v) is 2.11. The van der Waals surface area contributed by atoms with Crippen LogP contribution in [0.5, 0.6) is 0 Å². The van der Waals surface area contributed by atoms with Gasteiger partial charge in [-0.3, -0.25) is 4.79 Å². The minimum atomic E-state index is -0.231. The molecule has 0 aromatic heterocycles. The lowest BCUT2D eigenvalue weighted by Crippen LogP contribution is -2.08. The fourth-order valence-corrected chi connectivity index (χ4v) is 1.33. The number of nitrogens with zero attached hydrogens (tertiary/aromatic N) is 1. The van der Waals surface area contributed by atoms with E-state index in [1.54, 1.807) is 25.1 Å². The summed E-state index contributed by atoms with van der Waals surface area (Å²) in [4.78, 5) is 11.2. The normalized spacial score (nSPS) is 9.40. The van der Waals surface area contributed by atoms with Crippen molar-refractivity contribution < 1.29 is 9.53 Å². The summed E-state index contributed by atoms with van der Waals surface area (Å²) in [6.45, 7) is 4.06. The summed E-state index contributed by atoms with van der Waals surface area (Å²) in [5.74, 6) is -0.231. The molecule has 0 radical (unpaired) electrons. The molecule has 0 aliphatic carbocycles. The van der Waals surface area contributed by atoms with E-state index in [1.165, 1.54) is 0 Å². The van der Waals surface area contributed by atoms with Gasteiger partial charge in [-0.05, 0) is 37.1 Å². The lowest BCUT2D eigenvalue weighted by atomic mass is 10.0. The highest BCUT2D eigenvalue weighted by Crippen LogP contribution is 2.11. The standard InChI is InChI=1S/C12H13NO2/c1-3-15-12(14)7-11-5-4-10(8-13)6-9(11)2/h4-6H,3,7H2,1-2H3. The zero-order chi connectivity index (χ0) is 11.3.